The molecule has 19 heavy (non-hydrogen) atoms. The average Bonchev–Trinajstić information content (AvgIpc) is 2.42. The molecule has 1 amide bonds. The molecule has 0 spiro atoms. The minimum atomic E-state index is 0.0116. The Hall–Kier alpha value is -1.42. The molecule has 1 saturated carbocycles. The van der Waals surface area contributed by atoms with E-state index in [0.29, 0.717) is 17.6 Å². The van der Waals surface area contributed by atoms with Crippen molar-refractivity contribution in [3.8, 4) is 0 Å². The van der Waals surface area contributed by atoms with Crippen LogP contribution in [0.2, 0.25) is 0 Å². The molecule has 104 valence electrons. The molecule has 0 unspecified atom stereocenters. The average molecular weight is 261 g/mol. The van der Waals surface area contributed by atoms with Gasteiger partial charge in [0.2, 0.25) is 0 Å². The van der Waals surface area contributed by atoms with Crippen LogP contribution in [0.5, 0.6) is 0 Å². The first-order chi connectivity index (χ1) is 9.20. The van der Waals surface area contributed by atoms with E-state index in [1.54, 1.807) is 6.20 Å². The number of hydrogen-bond acceptors (Lipinski definition) is 3. The van der Waals surface area contributed by atoms with Crippen molar-refractivity contribution < 1.29 is 4.79 Å². The molecular weight excluding hydrogens is 238 g/mol. The van der Waals surface area contributed by atoms with Gasteiger partial charge in [-0.25, -0.2) is 0 Å². The molecule has 0 atom stereocenters. The van der Waals surface area contributed by atoms with Crippen LogP contribution in [0.4, 0.5) is 0 Å². The molecule has 1 aromatic rings. The van der Waals surface area contributed by atoms with E-state index in [1.807, 2.05) is 19.1 Å². The van der Waals surface area contributed by atoms with Crippen LogP contribution in [0.15, 0.2) is 18.3 Å². The van der Waals surface area contributed by atoms with Crippen LogP contribution in [-0.2, 0) is 0 Å². The van der Waals surface area contributed by atoms with Crippen LogP contribution in [0.1, 0.15) is 48.7 Å². The van der Waals surface area contributed by atoms with Crippen molar-refractivity contribution in [1.82, 2.24) is 15.6 Å². The van der Waals surface area contributed by atoms with Gasteiger partial charge in [-0.15, -0.1) is 0 Å². The lowest BCUT2D eigenvalue weighted by Gasteiger charge is -2.29. The summed E-state index contributed by atoms with van der Waals surface area (Å²) in [7, 11) is 0. The molecule has 0 aromatic carbocycles. The molecule has 4 heteroatoms. The van der Waals surface area contributed by atoms with Gasteiger partial charge in [-0.05, 0) is 51.3 Å². The fraction of sp³-hybridized carbons (Fsp3) is 0.600. The van der Waals surface area contributed by atoms with Gasteiger partial charge >= 0.3 is 0 Å². The number of hydrogen-bond donors (Lipinski definition) is 2. The summed E-state index contributed by atoms with van der Waals surface area (Å²) in [6, 6.07) is 4.58. The van der Waals surface area contributed by atoms with Crippen LogP contribution in [0.25, 0.3) is 0 Å². The van der Waals surface area contributed by atoms with Crippen molar-refractivity contribution in [2.75, 3.05) is 6.54 Å². The summed E-state index contributed by atoms with van der Waals surface area (Å²) in [6.45, 7) is 5.03. The topological polar surface area (TPSA) is 54.0 Å². The third-order valence-corrected chi connectivity index (χ3v) is 3.81. The van der Waals surface area contributed by atoms with E-state index in [-0.39, 0.29) is 5.91 Å². The smallest absolute Gasteiger partial charge is 0.253 e. The minimum absolute atomic E-state index is 0.0116. The second-order valence-electron chi connectivity index (χ2n) is 5.22. The van der Waals surface area contributed by atoms with E-state index in [2.05, 4.69) is 22.5 Å². The van der Waals surface area contributed by atoms with E-state index in [1.165, 1.54) is 0 Å². The van der Waals surface area contributed by atoms with Crippen molar-refractivity contribution in [1.29, 1.82) is 0 Å². The summed E-state index contributed by atoms with van der Waals surface area (Å²) >= 11 is 0. The quantitative estimate of drug-likeness (QED) is 0.872. The standard InChI is InChI=1S/C15H23N3O/c1-3-16-12-6-8-13(9-7-12)18-15(19)14-5-4-10-17-11(14)2/h4-5,10,12-13,16H,3,6-9H2,1-2H3,(H,18,19). The minimum Gasteiger partial charge on any atom is -0.349 e. The predicted octanol–water partition coefficient (Wildman–Crippen LogP) is 2.04. The van der Waals surface area contributed by atoms with Crippen LogP contribution < -0.4 is 10.6 Å². The molecule has 2 N–H and O–H groups in total. The second-order valence-corrected chi connectivity index (χ2v) is 5.22. The summed E-state index contributed by atoms with van der Waals surface area (Å²) in [4.78, 5) is 16.3. The van der Waals surface area contributed by atoms with Crippen LogP contribution in [0.3, 0.4) is 0 Å². The van der Waals surface area contributed by atoms with Crippen LogP contribution >= 0.6 is 0 Å². The highest BCUT2D eigenvalue weighted by atomic mass is 16.1. The number of aryl methyl sites for hydroxylation is 1. The number of pyridine rings is 1. The Morgan fingerprint density at radius 3 is 2.63 bits per heavy atom. The van der Waals surface area contributed by atoms with E-state index in [9.17, 15) is 4.79 Å². The molecule has 1 aliphatic carbocycles. The van der Waals surface area contributed by atoms with E-state index >= 15 is 0 Å². The van der Waals surface area contributed by atoms with Gasteiger partial charge in [-0.2, -0.15) is 0 Å². The zero-order chi connectivity index (χ0) is 13.7. The van der Waals surface area contributed by atoms with E-state index < -0.39 is 0 Å². The van der Waals surface area contributed by atoms with Crippen molar-refractivity contribution in [3.63, 3.8) is 0 Å². The van der Waals surface area contributed by atoms with Crippen molar-refractivity contribution in [3.05, 3.63) is 29.6 Å². The van der Waals surface area contributed by atoms with Gasteiger partial charge in [-0.3, -0.25) is 9.78 Å². The van der Waals surface area contributed by atoms with Crippen LogP contribution in [0, 0.1) is 6.92 Å². The van der Waals surface area contributed by atoms with E-state index in [0.717, 1.165) is 37.9 Å². The number of carbonyl (C=O) groups excluding carboxylic acids is 1. The zero-order valence-electron chi connectivity index (χ0n) is 11.8. The molecule has 1 aliphatic rings. The van der Waals surface area contributed by atoms with Gasteiger partial charge in [0.15, 0.2) is 0 Å². The maximum atomic E-state index is 12.2. The lowest BCUT2D eigenvalue weighted by Crippen LogP contribution is -2.42. The Kier molecular flexibility index (Phi) is 4.91. The first-order valence-electron chi connectivity index (χ1n) is 7.16. The normalized spacial score (nSPS) is 23.1. The maximum absolute atomic E-state index is 12.2. The van der Waals surface area contributed by atoms with E-state index in [4.69, 9.17) is 0 Å². The second kappa shape index (κ2) is 6.66. The molecule has 4 nitrogen and oxygen atoms in total. The van der Waals surface area contributed by atoms with Crippen molar-refractivity contribution in [2.24, 2.45) is 0 Å². The molecule has 2 rings (SSSR count). The molecular formula is C15H23N3O. The lowest BCUT2D eigenvalue weighted by molar-refractivity contribution is 0.0923. The highest BCUT2D eigenvalue weighted by molar-refractivity contribution is 5.95. The first kappa shape index (κ1) is 14.0. The van der Waals surface area contributed by atoms with Gasteiger partial charge in [0.25, 0.3) is 5.91 Å². The predicted molar refractivity (Wildman–Crippen MR) is 76.2 cm³/mol. The summed E-state index contributed by atoms with van der Waals surface area (Å²) in [6.07, 6.45) is 6.12. The third-order valence-electron chi connectivity index (χ3n) is 3.81. The maximum Gasteiger partial charge on any atom is 0.253 e. The van der Waals surface area contributed by atoms with Gasteiger partial charge in [0.1, 0.15) is 0 Å². The first-order valence-corrected chi connectivity index (χ1v) is 7.16. The Morgan fingerprint density at radius 2 is 2.00 bits per heavy atom. The summed E-state index contributed by atoms with van der Waals surface area (Å²) in [5.41, 5.74) is 1.48. The molecule has 0 saturated heterocycles. The van der Waals surface area contributed by atoms with Crippen LogP contribution in [-0.4, -0.2) is 29.5 Å². The fourth-order valence-electron chi connectivity index (χ4n) is 2.72. The summed E-state index contributed by atoms with van der Waals surface area (Å²) in [5.74, 6) is 0.0116. The number of rotatable bonds is 4. The molecule has 1 heterocycles. The number of carbonyl (C=O) groups is 1. The van der Waals surface area contributed by atoms with Crippen molar-refractivity contribution >= 4 is 5.91 Å². The molecule has 0 bridgehead atoms. The van der Waals surface area contributed by atoms with Crippen molar-refractivity contribution in [2.45, 2.75) is 51.6 Å². The number of nitrogens with one attached hydrogen (secondary N) is 2. The number of amides is 1. The Bertz CT molecular complexity index is 425. The lowest BCUT2D eigenvalue weighted by atomic mass is 9.91. The Balaban J connectivity index is 1.86. The Morgan fingerprint density at radius 1 is 1.32 bits per heavy atom. The largest absolute Gasteiger partial charge is 0.349 e. The number of nitrogens with zero attached hydrogens (tertiary/aromatic N) is 1. The molecule has 0 aliphatic heterocycles. The zero-order valence-corrected chi connectivity index (χ0v) is 11.8. The highest BCUT2D eigenvalue weighted by Crippen LogP contribution is 2.19. The third kappa shape index (κ3) is 3.77. The van der Waals surface area contributed by atoms with Gasteiger partial charge in [-0.1, -0.05) is 6.92 Å². The summed E-state index contributed by atoms with van der Waals surface area (Å²) in [5, 5.41) is 6.61. The van der Waals surface area contributed by atoms with Gasteiger partial charge < -0.3 is 10.6 Å². The van der Waals surface area contributed by atoms with Gasteiger partial charge in [0, 0.05) is 24.0 Å². The molecule has 0 radical (unpaired) electrons. The number of aromatic nitrogens is 1. The Labute approximate surface area is 115 Å². The molecule has 1 aromatic heterocycles. The highest BCUT2D eigenvalue weighted by Gasteiger charge is 2.22. The van der Waals surface area contributed by atoms with Gasteiger partial charge in [0.05, 0.1) is 5.56 Å². The fourth-order valence-corrected chi connectivity index (χ4v) is 2.72. The summed E-state index contributed by atoms with van der Waals surface area (Å²) < 4.78 is 0. The monoisotopic (exact) mass is 261 g/mol. The molecule has 1 fully saturated rings. The SMILES string of the molecule is CCNC1CCC(NC(=O)c2cccnc2C)CC1.